The number of hydrazone groups is 1. The molecular formula is C24H20FN5OS. The van der Waals surface area contributed by atoms with Crippen molar-refractivity contribution in [1.29, 1.82) is 0 Å². The fourth-order valence-corrected chi connectivity index (χ4v) is 3.70. The minimum absolute atomic E-state index is 0.111. The third-order valence-corrected chi connectivity index (χ3v) is 5.49. The second kappa shape index (κ2) is 10.0. The van der Waals surface area contributed by atoms with Gasteiger partial charge in [0.05, 0.1) is 12.0 Å². The number of aryl methyl sites for hydroxylation is 1. The smallest absolute Gasteiger partial charge is 0.250 e. The van der Waals surface area contributed by atoms with E-state index in [4.69, 9.17) is 0 Å². The fraction of sp³-hybridized carbons (Fsp3) is 0.0833. The topological polar surface area (TPSA) is 72.2 Å². The summed E-state index contributed by atoms with van der Waals surface area (Å²) in [4.78, 5) is 12.3. The van der Waals surface area contributed by atoms with E-state index in [1.165, 1.54) is 30.1 Å². The zero-order valence-electron chi connectivity index (χ0n) is 17.3. The van der Waals surface area contributed by atoms with Crippen LogP contribution in [0.3, 0.4) is 0 Å². The average Bonchev–Trinajstić information content (AvgIpc) is 3.24. The predicted molar refractivity (Wildman–Crippen MR) is 124 cm³/mol. The Bertz CT molecular complexity index is 1220. The van der Waals surface area contributed by atoms with Crippen molar-refractivity contribution in [3.63, 3.8) is 0 Å². The molecule has 1 amide bonds. The maximum absolute atomic E-state index is 13.0. The van der Waals surface area contributed by atoms with E-state index in [1.54, 1.807) is 12.1 Å². The third kappa shape index (κ3) is 5.28. The highest BCUT2D eigenvalue weighted by Crippen LogP contribution is 2.28. The van der Waals surface area contributed by atoms with Gasteiger partial charge in [-0.3, -0.25) is 9.36 Å². The van der Waals surface area contributed by atoms with Gasteiger partial charge in [-0.2, -0.15) is 5.10 Å². The number of carbonyl (C=O) groups excluding carboxylic acids is 1. The van der Waals surface area contributed by atoms with E-state index in [0.29, 0.717) is 16.5 Å². The number of rotatable bonds is 7. The Kier molecular flexibility index (Phi) is 6.72. The van der Waals surface area contributed by atoms with E-state index in [9.17, 15) is 9.18 Å². The van der Waals surface area contributed by atoms with Gasteiger partial charge < -0.3 is 0 Å². The molecule has 0 aliphatic heterocycles. The van der Waals surface area contributed by atoms with Gasteiger partial charge in [-0.05, 0) is 36.8 Å². The Morgan fingerprint density at radius 1 is 1.03 bits per heavy atom. The van der Waals surface area contributed by atoms with Crippen LogP contribution in [-0.4, -0.2) is 32.6 Å². The fourth-order valence-electron chi connectivity index (χ4n) is 2.95. The molecule has 3 aromatic carbocycles. The van der Waals surface area contributed by atoms with Gasteiger partial charge in [0, 0.05) is 11.3 Å². The van der Waals surface area contributed by atoms with E-state index in [1.807, 2.05) is 66.1 Å². The van der Waals surface area contributed by atoms with Crippen molar-refractivity contribution >= 4 is 23.9 Å². The van der Waals surface area contributed by atoms with Crippen molar-refractivity contribution in [2.45, 2.75) is 12.1 Å². The van der Waals surface area contributed by atoms with Gasteiger partial charge in [0.25, 0.3) is 5.91 Å². The molecule has 0 atom stereocenters. The molecule has 0 spiro atoms. The number of amides is 1. The van der Waals surface area contributed by atoms with Crippen LogP contribution in [0.2, 0.25) is 0 Å². The normalized spacial score (nSPS) is 11.1. The van der Waals surface area contributed by atoms with Crippen LogP contribution in [0.4, 0.5) is 4.39 Å². The van der Waals surface area contributed by atoms with Crippen LogP contribution >= 0.6 is 11.8 Å². The minimum atomic E-state index is -0.324. The molecule has 0 bridgehead atoms. The van der Waals surface area contributed by atoms with Crippen molar-refractivity contribution in [3.05, 3.63) is 95.8 Å². The van der Waals surface area contributed by atoms with Gasteiger partial charge in [0.1, 0.15) is 5.82 Å². The van der Waals surface area contributed by atoms with E-state index >= 15 is 0 Å². The van der Waals surface area contributed by atoms with Crippen molar-refractivity contribution in [1.82, 2.24) is 20.2 Å². The van der Waals surface area contributed by atoms with E-state index in [2.05, 4.69) is 20.7 Å². The summed E-state index contributed by atoms with van der Waals surface area (Å²) in [6.45, 7) is 2.03. The largest absolute Gasteiger partial charge is 0.272 e. The maximum atomic E-state index is 13.0. The number of carbonyl (C=O) groups is 1. The Morgan fingerprint density at radius 3 is 2.47 bits per heavy atom. The first-order valence-electron chi connectivity index (χ1n) is 9.88. The number of hydrogen-bond donors (Lipinski definition) is 1. The molecule has 0 aliphatic carbocycles. The second-order valence-electron chi connectivity index (χ2n) is 6.98. The minimum Gasteiger partial charge on any atom is -0.272 e. The molecule has 6 nitrogen and oxygen atoms in total. The Balaban J connectivity index is 1.49. The molecule has 0 radical (unpaired) electrons. The Hall–Kier alpha value is -3.78. The monoisotopic (exact) mass is 445 g/mol. The molecule has 0 saturated carbocycles. The predicted octanol–water partition coefficient (Wildman–Crippen LogP) is 4.62. The molecule has 160 valence electrons. The lowest BCUT2D eigenvalue weighted by atomic mass is 10.2. The van der Waals surface area contributed by atoms with Gasteiger partial charge in [-0.15, -0.1) is 10.2 Å². The summed E-state index contributed by atoms with van der Waals surface area (Å²) in [5.41, 5.74) is 6.16. The first kappa shape index (κ1) is 21.5. The lowest BCUT2D eigenvalue weighted by molar-refractivity contribution is -0.118. The molecule has 8 heteroatoms. The number of thioether (sulfide) groups is 1. The van der Waals surface area contributed by atoms with Gasteiger partial charge in [0.2, 0.25) is 0 Å². The van der Waals surface area contributed by atoms with Crippen molar-refractivity contribution < 1.29 is 9.18 Å². The third-order valence-electron chi connectivity index (χ3n) is 4.56. The standard InChI is InChI=1S/C24H20FN5OS/c1-17-7-13-21(14-8-17)30-23(19-5-3-2-4-6-19)28-29-24(30)32-16-22(31)27-26-15-18-9-11-20(25)12-10-18/h2-15H,16H2,1H3,(H,27,31)/b26-15+. The zero-order valence-corrected chi connectivity index (χ0v) is 18.1. The highest BCUT2D eigenvalue weighted by atomic mass is 32.2. The van der Waals surface area contributed by atoms with E-state index < -0.39 is 0 Å². The van der Waals surface area contributed by atoms with Crippen molar-refractivity contribution in [2.75, 3.05) is 5.75 Å². The second-order valence-corrected chi connectivity index (χ2v) is 7.92. The van der Waals surface area contributed by atoms with Crippen LogP contribution in [0.1, 0.15) is 11.1 Å². The average molecular weight is 446 g/mol. The molecule has 1 N–H and O–H groups in total. The number of nitrogens with zero attached hydrogens (tertiary/aromatic N) is 4. The molecule has 32 heavy (non-hydrogen) atoms. The van der Waals surface area contributed by atoms with E-state index in [-0.39, 0.29) is 17.5 Å². The molecule has 1 heterocycles. The van der Waals surface area contributed by atoms with Gasteiger partial charge in [-0.1, -0.05) is 71.9 Å². The first-order chi connectivity index (χ1) is 15.6. The van der Waals surface area contributed by atoms with Crippen LogP contribution in [0.5, 0.6) is 0 Å². The van der Waals surface area contributed by atoms with E-state index in [0.717, 1.165) is 16.8 Å². The SMILES string of the molecule is Cc1ccc(-n2c(SCC(=O)N/N=C/c3ccc(F)cc3)nnc2-c2ccccc2)cc1. The number of hydrogen-bond acceptors (Lipinski definition) is 5. The summed E-state index contributed by atoms with van der Waals surface area (Å²) in [5.74, 6) is 0.203. The van der Waals surface area contributed by atoms with Crippen LogP contribution in [-0.2, 0) is 4.79 Å². The summed E-state index contributed by atoms with van der Waals surface area (Å²) >= 11 is 1.27. The van der Waals surface area contributed by atoms with Crippen molar-refractivity contribution in [3.8, 4) is 17.1 Å². The maximum Gasteiger partial charge on any atom is 0.250 e. The number of aromatic nitrogens is 3. The Morgan fingerprint density at radius 2 is 1.75 bits per heavy atom. The number of nitrogens with one attached hydrogen (secondary N) is 1. The Labute approximate surface area is 189 Å². The molecule has 0 fully saturated rings. The molecule has 0 unspecified atom stereocenters. The van der Waals surface area contributed by atoms with Crippen LogP contribution in [0.15, 0.2) is 89.1 Å². The molecule has 0 saturated heterocycles. The van der Waals surface area contributed by atoms with Crippen molar-refractivity contribution in [2.24, 2.45) is 5.10 Å². The lowest BCUT2D eigenvalue weighted by Crippen LogP contribution is -2.20. The highest BCUT2D eigenvalue weighted by molar-refractivity contribution is 7.99. The summed E-state index contributed by atoms with van der Waals surface area (Å²) in [6.07, 6.45) is 1.46. The molecule has 4 rings (SSSR count). The summed E-state index contributed by atoms with van der Waals surface area (Å²) < 4.78 is 14.9. The van der Waals surface area contributed by atoms with Crippen LogP contribution in [0, 0.1) is 12.7 Å². The molecule has 4 aromatic rings. The first-order valence-corrected chi connectivity index (χ1v) is 10.9. The number of halogens is 1. The van der Waals surface area contributed by atoms with Crippen LogP contribution in [0.25, 0.3) is 17.1 Å². The number of benzene rings is 3. The summed E-state index contributed by atoms with van der Waals surface area (Å²) in [7, 11) is 0. The quantitative estimate of drug-likeness (QED) is 0.256. The zero-order chi connectivity index (χ0) is 22.3. The highest BCUT2D eigenvalue weighted by Gasteiger charge is 2.17. The summed E-state index contributed by atoms with van der Waals surface area (Å²) in [6, 6.07) is 23.7. The molecular weight excluding hydrogens is 425 g/mol. The van der Waals surface area contributed by atoms with Gasteiger partial charge >= 0.3 is 0 Å². The van der Waals surface area contributed by atoms with Gasteiger partial charge in [-0.25, -0.2) is 9.82 Å². The summed E-state index contributed by atoms with van der Waals surface area (Å²) in [5, 5.41) is 13.2. The molecule has 1 aromatic heterocycles. The molecule has 0 aliphatic rings. The van der Waals surface area contributed by atoms with Gasteiger partial charge in [0.15, 0.2) is 11.0 Å². The van der Waals surface area contributed by atoms with Crippen LogP contribution < -0.4 is 5.43 Å². The lowest BCUT2D eigenvalue weighted by Gasteiger charge is -2.10.